The Morgan fingerprint density at radius 2 is 2.00 bits per heavy atom. The number of alkyl halides is 1. The van der Waals surface area contributed by atoms with Gasteiger partial charge in [-0.3, -0.25) is 0 Å². The lowest BCUT2D eigenvalue weighted by molar-refractivity contribution is 0.449. The Morgan fingerprint density at radius 1 is 1.41 bits per heavy atom. The molecule has 0 spiro atoms. The summed E-state index contributed by atoms with van der Waals surface area (Å²) in [6, 6.07) is 6.41. The molecule has 0 saturated carbocycles. The fourth-order valence-corrected chi connectivity index (χ4v) is 3.96. The van der Waals surface area contributed by atoms with E-state index >= 15 is 0 Å². The van der Waals surface area contributed by atoms with Crippen molar-refractivity contribution in [2.45, 2.75) is 30.7 Å². The number of sulfonamides is 1. The summed E-state index contributed by atoms with van der Waals surface area (Å²) < 4.78 is 27.0. The molecule has 1 rings (SSSR count). The van der Waals surface area contributed by atoms with Crippen LogP contribution in [-0.2, 0) is 10.0 Å². The van der Waals surface area contributed by atoms with Crippen LogP contribution in [0.3, 0.4) is 0 Å². The minimum atomic E-state index is -3.58. The molecular formula is C11H15BrClNO2S. The zero-order valence-corrected chi connectivity index (χ0v) is 12.9. The van der Waals surface area contributed by atoms with Crippen LogP contribution < -0.4 is 4.72 Å². The molecule has 1 N–H and O–H groups in total. The third kappa shape index (κ3) is 3.68. The van der Waals surface area contributed by atoms with E-state index in [0.717, 1.165) is 0 Å². The standard InChI is InChI=1S/C11H15BrClNO2S/c1-3-11(2,8-12)14-17(15,16)10-7-5-4-6-9(10)13/h4-7,14H,3,8H2,1-2H3. The van der Waals surface area contributed by atoms with Crippen LogP contribution in [0.2, 0.25) is 5.02 Å². The monoisotopic (exact) mass is 339 g/mol. The quantitative estimate of drug-likeness (QED) is 0.837. The summed E-state index contributed by atoms with van der Waals surface area (Å²) in [4.78, 5) is 0.113. The van der Waals surface area contributed by atoms with Gasteiger partial charge in [0.2, 0.25) is 10.0 Å². The molecule has 96 valence electrons. The number of benzene rings is 1. The minimum Gasteiger partial charge on any atom is -0.207 e. The zero-order valence-electron chi connectivity index (χ0n) is 9.70. The summed E-state index contributed by atoms with van der Waals surface area (Å²) in [6.07, 6.45) is 0.682. The number of rotatable bonds is 5. The highest BCUT2D eigenvalue weighted by Gasteiger charge is 2.29. The Bertz CT molecular complexity index is 486. The summed E-state index contributed by atoms with van der Waals surface area (Å²) in [6.45, 7) is 3.77. The lowest BCUT2D eigenvalue weighted by atomic mass is 10.0. The first kappa shape index (κ1) is 15.0. The van der Waals surface area contributed by atoms with Gasteiger partial charge in [0.1, 0.15) is 4.90 Å². The fourth-order valence-electron chi connectivity index (χ4n) is 1.24. The Hall–Kier alpha value is -0.100. The van der Waals surface area contributed by atoms with Crippen molar-refractivity contribution >= 4 is 37.6 Å². The highest BCUT2D eigenvalue weighted by atomic mass is 79.9. The van der Waals surface area contributed by atoms with Crippen molar-refractivity contribution in [1.82, 2.24) is 4.72 Å². The molecule has 0 aliphatic rings. The van der Waals surface area contributed by atoms with E-state index in [0.29, 0.717) is 11.8 Å². The second-order valence-electron chi connectivity index (χ2n) is 4.08. The zero-order chi connectivity index (χ0) is 13.1. The molecule has 1 unspecified atom stereocenters. The van der Waals surface area contributed by atoms with Gasteiger partial charge in [-0.15, -0.1) is 0 Å². The van der Waals surface area contributed by atoms with Gasteiger partial charge >= 0.3 is 0 Å². The lowest BCUT2D eigenvalue weighted by Gasteiger charge is -2.27. The van der Waals surface area contributed by atoms with Crippen molar-refractivity contribution in [3.05, 3.63) is 29.3 Å². The molecule has 1 aromatic rings. The van der Waals surface area contributed by atoms with Crippen molar-refractivity contribution in [2.24, 2.45) is 0 Å². The molecule has 0 heterocycles. The average Bonchev–Trinajstić information content (AvgIpc) is 2.28. The smallest absolute Gasteiger partial charge is 0.207 e. The number of nitrogens with one attached hydrogen (secondary N) is 1. The minimum absolute atomic E-state index is 0.113. The second kappa shape index (κ2) is 5.69. The van der Waals surface area contributed by atoms with E-state index in [1.807, 2.05) is 13.8 Å². The van der Waals surface area contributed by atoms with Gasteiger partial charge in [0.25, 0.3) is 0 Å². The summed E-state index contributed by atoms with van der Waals surface area (Å²) >= 11 is 9.21. The first-order chi connectivity index (χ1) is 7.84. The largest absolute Gasteiger partial charge is 0.242 e. The third-order valence-electron chi connectivity index (χ3n) is 2.58. The van der Waals surface area contributed by atoms with Crippen LogP contribution in [0.15, 0.2) is 29.2 Å². The maximum absolute atomic E-state index is 12.2. The normalized spacial score (nSPS) is 15.5. The van der Waals surface area contributed by atoms with Gasteiger partial charge in [-0.05, 0) is 25.5 Å². The molecule has 0 radical (unpaired) electrons. The summed E-state index contributed by atoms with van der Waals surface area (Å²) in [5.74, 6) is 0. The predicted octanol–water partition coefficient (Wildman–Crippen LogP) is 3.18. The molecule has 0 amide bonds. The fraction of sp³-hybridized carbons (Fsp3) is 0.455. The van der Waals surface area contributed by atoms with Crippen LogP contribution in [0.4, 0.5) is 0 Å². The molecule has 0 saturated heterocycles. The van der Waals surface area contributed by atoms with E-state index in [1.165, 1.54) is 6.07 Å². The van der Waals surface area contributed by atoms with Gasteiger partial charge < -0.3 is 0 Å². The van der Waals surface area contributed by atoms with Crippen LogP contribution in [0, 0.1) is 0 Å². The predicted molar refractivity (Wildman–Crippen MR) is 74.3 cm³/mol. The van der Waals surface area contributed by atoms with E-state index in [4.69, 9.17) is 11.6 Å². The molecule has 0 aliphatic carbocycles. The Morgan fingerprint density at radius 3 is 2.47 bits per heavy atom. The van der Waals surface area contributed by atoms with Gasteiger partial charge in [0.15, 0.2) is 0 Å². The molecule has 1 atom stereocenters. The van der Waals surface area contributed by atoms with Crippen molar-refractivity contribution < 1.29 is 8.42 Å². The topological polar surface area (TPSA) is 46.2 Å². The van der Waals surface area contributed by atoms with Gasteiger partial charge in [-0.1, -0.05) is 46.6 Å². The van der Waals surface area contributed by atoms with Crippen LogP contribution in [0.1, 0.15) is 20.3 Å². The molecule has 0 fully saturated rings. The first-order valence-electron chi connectivity index (χ1n) is 5.19. The molecule has 0 aromatic heterocycles. The SMILES string of the molecule is CCC(C)(CBr)NS(=O)(=O)c1ccccc1Cl. The summed E-state index contributed by atoms with van der Waals surface area (Å²) in [5.41, 5.74) is -0.516. The highest BCUT2D eigenvalue weighted by Crippen LogP contribution is 2.23. The Kier molecular flexibility index (Phi) is 5.01. The molecular weight excluding hydrogens is 326 g/mol. The van der Waals surface area contributed by atoms with Crippen LogP contribution in [-0.4, -0.2) is 19.3 Å². The Labute approximate surface area is 116 Å². The maximum atomic E-state index is 12.2. The number of halogens is 2. The van der Waals surface area contributed by atoms with Crippen LogP contribution >= 0.6 is 27.5 Å². The van der Waals surface area contributed by atoms with Crippen molar-refractivity contribution in [1.29, 1.82) is 0 Å². The average molecular weight is 341 g/mol. The highest BCUT2D eigenvalue weighted by molar-refractivity contribution is 9.09. The lowest BCUT2D eigenvalue weighted by Crippen LogP contribution is -2.46. The molecule has 3 nitrogen and oxygen atoms in total. The summed E-state index contributed by atoms with van der Waals surface area (Å²) in [7, 11) is -3.58. The van der Waals surface area contributed by atoms with Gasteiger partial charge in [-0.25, -0.2) is 13.1 Å². The van der Waals surface area contributed by atoms with E-state index in [1.54, 1.807) is 18.2 Å². The van der Waals surface area contributed by atoms with Crippen molar-refractivity contribution in [2.75, 3.05) is 5.33 Å². The second-order valence-corrected chi connectivity index (χ2v) is 6.70. The molecule has 0 bridgehead atoms. The van der Waals surface area contributed by atoms with Crippen molar-refractivity contribution in [3.63, 3.8) is 0 Å². The van der Waals surface area contributed by atoms with Crippen molar-refractivity contribution in [3.8, 4) is 0 Å². The maximum Gasteiger partial charge on any atom is 0.242 e. The van der Waals surface area contributed by atoms with E-state index < -0.39 is 15.6 Å². The Balaban J connectivity index is 3.10. The van der Waals surface area contributed by atoms with E-state index in [-0.39, 0.29) is 9.92 Å². The molecule has 1 aromatic carbocycles. The van der Waals surface area contributed by atoms with Crippen LogP contribution in [0.25, 0.3) is 0 Å². The van der Waals surface area contributed by atoms with Gasteiger partial charge in [0, 0.05) is 10.9 Å². The van der Waals surface area contributed by atoms with Gasteiger partial charge in [0.05, 0.1) is 5.02 Å². The van der Waals surface area contributed by atoms with E-state index in [2.05, 4.69) is 20.7 Å². The number of hydrogen-bond acceptors (Lipinski definition) is 2. The number of hydrogen-bond donors (Lipinski definition) is 1. The molecule has 6 heteroatoms. The van der Waals surface area contributed by atoms with E-state index in [9.17, 15) is 8.42 Å². The summed E-state index contributed by atoms with van der Waals surface area (Å²) in [5, 5.41) is 0.772. The third-order valence-corrected chi connectivity index (χ3v) is 5.96. The molecule has 17 heavy (non-hydrogen) atoms. The van der Waals surface area contributed by atoms with Crippen LogP contribution in [0.5, 0.6) is 0 Å². The first-order valence-corrected chi connectivity index (χ1v) is 8.17. The van der Waals surface area contributed by atoms with Gasteiger partial charge in [-0.2, -0.15) is 0 Å². The molecule has 0 aliphatic heterocycles.